The third-order valence-electron chi connectivity index (χ3n) is 5.50. The number of alkyl halides is 3. The maximum atomic E-state index is 13.6. The van der Waals surface area contributed by atoms with Crippen LogP contribution in [0.4, 0.5) is 18.9 Å². The predicted molar refractivity (Wildman–Crippen MR) is 115 cm³/mol. The molecule has 1 heterocycles. The van der Waals surface area contributed by atoms with Gasteiger partial charge in [-0.1, -0.05) is 18.2 Å². The number of anilines is 1. The van der Waals surface area contributed by atoms with Gasteiger partial charge in [0.1, 0.15) is 12.5 Å². The number of nitrogens with one attached hydrogen (secondary N) is 1. The van der Waals surface area contributed by atoms with Crippen molar-refractivity contribution in [2.24, 2.45) is 5.92 Å². The molecule has 0 radical (unpaired) electrons. The minimum atomic E-state index is -4.70. The van der Waals surface area contributed by atoms with Crippen LogP contribution in [0.1, 0.15) is 29.5 Å². The van der Waals surface area contributed by atoms with Crippen molar-refractivity contribution in [2.45, 2.75) is 19.0 Å². The molecule has 2 amide bonds. The van der Waals surface area contributed by atoms with Crippen LogP contribution in [0.25, 0.3) is 0 Å². The van der Waals surface area contributed by atoms with Crippen molar-refractivity contribution in [1.82, 2.24) is 5.32 Å². The van der Waals surface area contributed by atoms with E-state index in [1.54, 1.807) is 0 Å². The highest BCUT2D eigenvalue weighted by atomic mass is 19.4. The number of rotatable bonds is 5. The Kier molecular flexibility index (Phi) is 6.92. The van der Waals surface area contributed by atoms with E-state index in [2.05, 4.69) is 5.32 Å². The summed E-state index contributed by atoms with van der Waals surface area (Å²) >= 11 is 0. The fraction of sp³-hybridized carbons (Fsp3) is 0.208. The maximum absolute atomic E-state index is 13.6. The van der Waals surface area contributed by atoms with E-state index in [1.807, 2.05) is 12.1 Å². The zero-order valence-corrected chi connectivity index (χ0v) is 18.1. The lowest BCUT2D eigenvalue weighted by molar-refractivity contribution is -0.140. The Hall–Kier alpha value is -4.64. The number of carbonyl (C=O) groups excluding carboxylic acids is 2. The van der Waals surface area contributed by atoms with Crippen molar-refractivity contribution in [2.75, 3.05) is 11.4 Å². The molecule has 35 heavy (non-hydrogen) atoms. The summed E-state index contributed by atoms with van der Waals surface area (Å²) in [6.45, 7) is 0.565. The van der Waals surface area contributed by atoms with Crippen LogP contribution in [-0.2, 0) is 20.6 Å². The molecular weight excluding hydrogens is 465 g/mol. The third kappa shape index (κ3) is 4.99. The molecule has 2 atom stereocenters. The lowest BCUT2D eigenvalue weighted by Crippen LogP contribution is -2.50. The van der Waals surface area contributed by atoms with Gasteiger partial charge in [-0.2, -0.15) is 23.7 Å². The maximum Gasteiger partial charge on any atom is 0.416 e. The van der Waals surface area contributed by atoms with Crippen LogP contribution in [0.5, 0.6) is 0 Å². The molecule has 2 N–H and O–H groups in total. The molecule has 0 saturated carbocycles. The number of nitrogens with zero attached hydrogens (tertiary/aromatic N) is 3. The van der Waals surface area contributed by atoms with Gasteiger partial charge in [0.25, 0.3) is 0 Å². The zero-order valence-electron chi connectivity index (χ0n) is 18.1. The fourth-order valence-corrected chi connectivity index (χ4v) is 3.91. The van der Waals surface area contributed by atoms with Crippen molar-refractivity contribution in [1.29, 1.82) is 10.5 Å². The summed E-state index contributed by atoms with van der Waals surface area (Å²) in [6.07, 6.45) is -4.70. The number of carbonyl (C=O) groups is 3. The Bertz CT molecular complexity index is 1300. The SMILES string of the molecule is CC1=C(C#N)C(c2ccc(C#N)cc2)C(C(=O)NCC(=O)O)C(=O)N1c1cccc(C(F)(F)F)c1. The minimum absolute atomic E-state index is 0.0217. The minimum Gasteiger partial charge on any atom is -0.480 e. The number of carboxylic acids is 1. The molecule has 0 bridgehead atoms. The Balaban J connectivity index is 2.21. The Morgan fingerprint density at radius 3 is 2.31 bits per heavy atom. The monoisotopic (exact) mass is 482 g/mol. The number of hydrogen-bond acceptors (Lipinski definition) is 5. The first kappa shape index (κ1) is 25.0. The first-order valence-corrected chi connectivity index (χ1v) is 10.1. The van der Waals surface area contributed by atoms with Gasteiger partial charge in [-0.3, -0.25) is 19.3 Å². The van der Waals surface area contributed by atoms with Crippen LogP contribution in [0, 0.1) is 28.6 Å². The van der Waals surface area contributed by atoms with E-state index >= 15 is 0 Å². The lowest BCUT2D eigenvalue weighted by Gasteiger charge is -2.38. The standard InChI is InChI=1S/C24H17F3N4O4/c1-13-18(11-29)20(15-7-5-14(10-28)6-8-15)21(22(34)30-12-19(32)33)23(35)31(13)17-4-2-3-16(9-17)24(25,26)27/h2-9,20-21H,12H2,1H3,(H,30,34)(H,32,33). The molecule has 2 aromatic rings. The fourth-order valence-electron chi connectivity index (χ4n) is 3.91. The van der Waals surface area contributed by atoms with Crippen molar-refractivity contribution >= 4 is 23.5 Å². The van der Waals surface area contributed by atoms with Crippen LogP contribution in [0.15, 0.2) is 59.8 Å². The molecule has 0 aromatic heterocycles. The number of nitriles is 2. The number of benzene rings is 2. The van der Waals surface area contributed by atoms with Crippen molar-refractivity contribution < 1.29 is 32.7 Å². The molecule has 0 spiro atoms. The highest BCUT2D eigenvalue weighted by Crippen LogP contribution is 2.43. The van der Waals surface area contributed by atoms with Gasteiger partial charge in [0.05, 0.1) is 28.8 Å². The van der Waals surface area contributed by atoms with Gasteiger partial charge in [0.2, 0.25) is 11.8 Å². The van der Waals surface area contributed by atoms with Gasteiger partial charge in [0.15, 0.2) is 0 Å². The second-order valence-corrected chi connectivity index (χ2v) is 7.63. The summed E-state index contributed by atoms with van der Waals surface area (Å²) in [5.74, 6) is -6.13. The lowest BCUT2D eigenvalue weighted by atomic mass is 9.75. The summed E-state index contributed by atoms with van der Waals surface area (Å²) < 4.78 is 39.9. The number of aliphatic carboxylic acids is 1. The van der Waals surface area contributed by atoms with Crippen molar-refractivity contribution in [3.63, 3.8) is 0 Å². The zero-order chi connectivity index (χ0) is 25.9. The Morgan fingerprint density at radius 1 is 1.11 bits per heavy atom. The predicted octanol–water partition coefficient (Wildman–Crippen LogP) is 3.32. The van der Waals surface area contributed by atoms with Gasteiger partial charge in [0, 0.05) is 17.3 Å². The van der Waals surface area contributed by atoms with Crippen molar-refractivity contribution in [3.8, 4) is 12.1 Å². The van der Waals surface area contributed by atoms with Crippen molar-refractivity contribution in [3.05, 3.63) is 76.5 Å². The molecule has 1 aliphatic heterocycles. The normalized spacial score (nSPS) is 18.0. The van der Waals surface area contributed by atoms with Gasteiger partial charge < -0.3 is 10.4 Å². The second-order valence-electron chi connectivity index (χ2n) is 7.63. The topological polar surface area (TPSA) is 134 Å². The number of allylic oxidation sites excluding steroid dienone is 2. The summed E-state index contributed by atoms with van der Waals surface area (Å²) in [5.41, 5.74) is -0.671. The van der Waals surface area contributed by atoms with Gasteiger partial charge in [-0.15, -0.1) is 0 Å². The van der Waals surface area contributed by atoms with Crippen LogP contribution in [-0.4, -0.2) is 29.4 Å². The van der Waals surface area contributed by atoms with Gasteiger partial charge in [-0.25, -0.2) is 0 Å². The summed E-state index contributed by atoms with van der Waals surface area (Å²) in [7, 11) is 0. The smallest absolute Gasteiger partial charge is 0.416 e. The van der Waals surface area contributed by atoms with E-state index in [0.29, 0.717) is 5.56 Å². The van der Waals surface area contributed by atoms with Crippen LogP contribution < -0.4 is 10.2 Å². The molecule has 11 heteroatoms. The molecule has 2 aromatic carbocycles. The molecule has 8 nitrogen and oxygen atoms in total. The molecular formula is C24H17F3N4O4. The van der Waals surface area contributed by atoms with E-state index < -0.39 is 47.9 Å². The quantitative estimate of drug-likeness (QED) is 0.628. The third-order valence-corrected chi connectivity index (χ3v) is 5.50. The summed E-state index contributed by atoms with van der Waals surface area (Å²) in [5, 5.41) is 30.1. The van der Waals surface area contributed by atoms with Gasteiger partial charge >= 0.3 is 12.1 Å². The van der Waals surface area contributed by atoms with Crippen LogP contribution >= 0.6 is 0 Å². The number of carboxylic acid groups (broad SMARTS) is 1. The van der Waals surface area contributed by atoms with Crippen LogP contribution in [0.2, 0.25) is 0 Å². The van der Waals surface area contributed by atoms with E-state index in [9.17, 15) is 32.8 Å². The van der Waals surface area contributed by atoms with Gasteiger partial charge in [-0.05, 0) is 42.8 Å². The average molecular weight is 482 g/mol. The van der Waals surface area contributed by atoms with E-state index in [1.165, 1.54) is 37.3 Å². The first-order chi connectivity index (χ1) is 16.5. The molecule has 0 fully saturated rings. The highest BCUT2D eigenvalue weighted by Gasteiger charge is 2.46. The summed E-state index contributed by atoms with van der Waals surface area (Å²) in [4.78, 5) is 38.4. The first-order valence-electron chi connectivity index (χ1n) is 10.1. The number of halogens is 3. The van der Waals surface area contributed by atoms with E-state index in [0.717, 1.165) is 23.1 Å². The molecule has 178 valence electrons. The summed E-state index contributed by atoms with van der Waals surface area (Å²) in [6, 6.07) is 13.5. The highest BCUT2D eigenvalue weighted by molar-refractivity contribution is 6.12. The second kappa shape index (κ2) is 9.69. The molecule has 3 rings (SSSR count). The van der Waals surface area contributed by atoms with E-state index in [4.69, 9.17) is 10.4 Å². The van der Waals surface area contributed by atoms with E-state index in [-0.39, 0.29) is 22.5 Å². The molecule has 0 aliphatic carbocycles. The van der Waals surface area contributed by atoms with Crippen LogP contribution in [0.3, 0.4) is 0 Å². The number of hydrogen-bond donors (Lipinski definition) is 2. The Morgan fingerprint density at radius 2 is 1.77 bits per heavy atom. The molecule has 1 aliphatic rings. The largest absolute Gasteiger partial charge is 0.480 e. The molecule has 2 unspecified atom stereocenters. The number of amides is 2. The average Bonchev–Trinajstić information content (AvgIpc) is 2.82. The Labute approximate surface area is 197 Å². The molecule has 0 saturated heterocycles.